The maximum absolute atomic E-state index is 12.7. The van der Waals surface area contributed by atoms with E-state index in [1.807, 2.05) is 67.6 Å². The van der Waals surface area contributed by atoms with E-state index in [-0.39, 0.29) is 12.5 Å². The Hall–Kier alpha value is -3.67. The SMILES string of the molecule is CCOc1ccc(C(=O)NCCc2ccc(OC)cc2)cc1COc1ccc(OC)cc1. The molecule has 0 saturated carbocycles. The number of rotatable bonds is 11. The highest BCUT2D eigenvalue weighted by atomic mass is 16.5. The molecule has 168 valence electrons. The monoisotopic (exact) mass is 435 g/mol. The lowest BCUT2D eigenvalue weighted by Crippen LogP contribution is -2.25. The number of hydrogen-bond donors (Lipinski definition) is 1. The number of carbonyl (C=O) groups is 1. The van der Waals surface area contributed by atoms with Crippen molar-refractivity contribution in [2.24, 2.45) is 0 Å². The van der Waals surface area contributed by atoms with Crippen LogP contribution in [-0.2, 0) is 13.0 Å². The summed E-state index contributed by atoms with van der Waals surface area (Å²) in [6.07, 6.45) is 0.736. The number of hydrogen-bond acceptors (Lipinski definition) is 5. The summed E-state index contributed by atoms with van der Waals surface area (Å²) < 4.78 is 21.9. The molecule has 0 radical (unpaired) electrons. The van der Waals surface area contributed by atoms with Gasteiger partial charge in [0.25, 0.3) is 5.91 Å². The van der Waals surface area contributed by atoms with E-state index in [4.69, 9.17) is 18.9 Å². The van der Waals surface area contributed by atoms with E-state index < -0.39 is 0 Å². The molecule has 32 heavy (non-hydrogen) atoms. The fourth-order valence-electron chi connectivity index (χ4n) is 3.18. The third-order valence-corrected chi connectivity index (χ3v) is 4.93. The van der Waals surface area contributed by atoms with E-state index in [2.05, 4.69) is 5.32 Å². The summed E-state index contributed by atoms with van der Waals surface area (Å²) in [5.74, 6) is 2.86. The van der Waals surface area contributed by atoms with Gasteiger partial charge in [0, 0.05) is 17.7 Å². The zero-order valence-electron chi connectivity index (χ0n) is 18.7. The van der Waals surface area contributed by atoms with Crippen LogP contribution in [0.2, 0.25) is 0 Å². The van der Waals surface area contributed by atoms with Gasteiger partial charge in [-0.05, 0) is 73.5 Å². The summed E-state index contributed by atoms with van der Waals surface area (Å²) in [4.78, 5) is 12.7. The standard InChI is InChI=1S/C26H29NO5/c1-4-31-25-14-7-20(17-21(25)18-32-24-12-10-23(30-3)11-13-24)26(28)27-16-15-19-5-8-22(29-2)9-6-19/h5-14,17H,4,15-16,18H2,1-3H3,(H,27,28). The molecule has 0 atom stereocenters. The number of benzene rings is 3. The lowest BCUT2D eigenvalue weighted by Gasteiger charge is -2.14. The van der Waals surface area contributed by atoms with Crippen LogP contribution in [-0.4, -0.2) is 33.3 Å². The molecule has 3 aromatic carbocycles. The molecule has 0 spiro atoms. The number of ether oxygens (including phenoxy) is 4. The second-order valence-corrected chi connectivity index (χ2v) is 7.07. The molecule has 0 saturated heterocycles. The van der Waals surface area contributed by atoms with E-state index >= 15 is 0 Å². The maximum atomic E-state index is 12.7. The van der Waals surface area contributed by atoms with Crippen molar-refractivity contribution in [1.29, 1.82) is 0 Å². The minimum absolute atomic E-state index is 0.132. The molecule has 6 nitrogen and oxygen atoms in total. The average Bonchev–Trinajstić information content (AvgIpc) is 2.84. The zero-order valence-corrected chi connectivity index (χ0v) is 18.7. The van der Waals surface area contributed by atoms with Crippen molar-refractivity contribution >= 4 is 5.91 Å². The van der Waals surface area contributed by atoms with Gasteiger partial charge in [0.2, 0.25) is 0 Å². The Labute approximate surface area is 189 Å². The largest absolute Gasteiger partial charge is 0.497 e. The van der Waals surface area contributed by atoms with Gasteiger partial charge in [-0.1, -0.05) is 12.1 Å². The topological polar surface area (TPSA) is 66.0 Å². The van der Waals surface area contributed by atoms with Crippen LogP contribution in [0, 0.1) is 0 Å². The van der Waals surface area contributed by atoms with Crippen LogP contribution >= 0.6 is 0 Å². The molecule has 0 aliphatic rings. The molecule has 3 rings (SSSR count). The van der Waals surface area contributed by atoms with Gasteiger partial charge >= 0.3 is 0 Å². The van der Waals surface area contributed by atoms with Crippen molar-refractivity contribution < 1.29 is 23.7 Å². The predicted molar refractivity (Wildman–Crippen MR) is 124 cm³/mol. The number of amides is 1. The highest BCUT2D eigenvalue weighted by Gasteiger charge is 2.11. The molecule has 6 heteroatoms. The molecule has 0 heterocycles. The summed E-state index contributed by atoms with van der Waals surface area (Å²) in [5.41, 5.74) is 2.51. The van der Waals surface area contributed by atoms with Crippen LogP contribution in [0.4, 0.5) is 0 Å². The summed E-state index contributed by atoms with van der Waals surface area (Å²) in [5, 5.41) is 2.98. The van der Waals surface area contributed by atoms with Gasteiger partial charge in [0.1, 0.15) is 29.6 Å². The summed E-state index contributed by atoms with van der Waals surface area (Å²) in [6, 6.07) is 20.6. The first kappa shape index (κ1) is 23.0. The number of carbonyl (C=O) groups excluding carboxylic acids is 1. The maximum Gasteiger partial charge on any atom is 0.251 e. The summed E-state index contributed by atoms with van der Waals surface area (Å²) in [7, 11) is 3.26. The quantitative estimate of drug-likeness (QED) is 0.475. The van der Waals surface area contributed by atoms with Gasteiger partial charge in [-0.3, -0.25) is 4.79 Å². The van der Waals surface area contributed by atoms with Gasteiger partial charge in [0.15, 0.2) is 0 Å². The summed E-state index contributed by atoms with van der Waals surface area (Å²) >= 11 is 0. The van der Waals surface area contributed by atoms with E-state index in [1.54, 1.807) is 20.3 Å². The number of nitrogens with one attached hydrogen (secondary N) is 1. The van der Waals surface area contributed by atoms with Crippen molar-refractivity contribution in [2.45, 2.75) is 20.0 Å². The van der Waals surface area contributed by atoms with Crippen molar-refractivity contribution in [1.82, 2.24) is 5.32 Å². The molecule has 1 N–H and O–H groups in total. The van der Waals surface area contributed by atoms with Gasteiger partial charge in [0.05, 0.1) is 20.8 Å². The first-order chi connectivity index (χ1) is 15.6. The van der Waals surface area contributed by atoms with E-state index in [0.717, 1.165) is 29.0 Å². The lowest BCUT2D eigenvalue weighted by molar-refractivity contribution is 0.0954. The minimum atomic E-state index is -0.132. The van der Waals surface area contributed by atoms with Gasteiger partial charge in [-0.2, -0.15) is 0 Å². The molecule has 0 aliphatic carbocycles. The molecule has 0 aliphatic heterocycles. The molecular weight excluding hydrogens is 406 g/mol. The molecule has 0 unspecified atom stereocenters. The van der Waals surface area contributed by atoms with Crippen LogP contribution in [0.3, 0.4) is 0 Å². The Morgan fingerprint density at radius 3 is 2.06 bits per heavy atom. The third-order valence-electron chi connectivity index (χ3n) is 4.93. The Balaban J connectivity index is 1.61. The summed E-state index contributed by atoms with van der Waals surface area (Å²) in [6.45, 7) is 3.28. The zero-order chi connectivity index (χ0) is 22.8. The second kappa shape index (κ2) is 11.6. The second-order valence-electron chi connectivity index (χ2n) is 7.07. The highest BCUT2D eigenvalue weighted by Crippen LogP contribution is 2.24. The van der Waals surface area contributed by atoms with Crippen LogP contribution < -0.4 is 24.3 Å². The first-order valence-corrected chi connectivity index (χ1v) is 10.6. The van der Waals surface area contributed by atoms with Gasteiger partial charge in [-0.15, -0.1) is 0 Å². The normalized spacial score (nSPS) is 10.3. The smallest absolute Gasteiger partial charge is 0.251 e. The van der Waals surface area contributed by atoms with Crippen LogP contribution in [0.1, 0.15) is 28.4 Å². The molecular formula is C26H29NO5. The molecule has 0 aromatic heterocycles. The Bertz CT molecular complexity index is 1000. The average molecular weight is 436 g/mol. The van der Waals surface area contributed by atoms with Crippen molar-refractivity contribution in [3.05, 3.63) is 83.4 Å². The fraction of sp³-hybridized carbons (Fsp3) is 0.269. The Morgan fingerprint density at radius 2 is 1.44 bits per heavy atom. The lowest BCUT2D eigenvalue weighted by atomic mass is 10.1. The first-order valence-electron chi connectivity index (χ1n) is 10.6. The third kappa shape index (κ3) is 6.41. The Kier molecular flexibility index (Phi) is 8.37. The fourth-order valence-corrected chi connectivity index (χ4v) is 3.18. The predicted octanol–water partition coefficient (Wildman–Crippen LogP) is 4.65. The van der Waals surface area contributed by atoms with Crippen molar-refractivity contribution in [2.75, 3.05) is 27.4 Å². The molecule has 0 bridgehead atoms. The number of methoxy groups -OCH3 is 2. The van der Waals surface area contributed by atoms with Crippen LogP contribution in [0.15, 0.2) is 66.7 Å². The van der Waals surface area contributed by atoms with Gasteiger partial charge in [-0.25, -0.2) is 0 Å². The molecule has 0 fully saturated rings. The van der Waals surface area contributed by atoms with Gasteiger partial charge < -0.3 is 24.3 Å². The van der Waals surface area contributed by atoms with E-state index in [0.29, 0.717) is 30.2 Å². The van der Waals surface area contributed by atoms with E-state index in [9.17, 15) is 4.79 Å². The van der Waals surface area contributed by atoms with Crippen LogP contribution in [0.25, 0.3) is 0 Å². The highest BCUT2D eigenvalue weighted by molar-refractivity contribution is 5.94. The van der Waals surface area contributed by atoms with Crippen molar-refractivity contribution in [3.8, 4) is 23.0 Å². The molecule has 3 aromatic rings. The Morgan fingerprint density at radius 1 is 0.812 bits per heavy atom. The molecule has 1 amide bonds. The van der Waals surface area contributed by atoms with Crippen molar-refractivity contribution in [3.63, 3.8) is 0 Å². The van der Waals surface area contributed by atoms with E-state index in [1.165, 1.54) is 0 Å². The van der Waals surface area contributed by atoms with Crippen LogP contribution in [0.5, 0.6) is 23.0 Å². The minimum Gasteiger partial charge on any atom is -0.497 e.